The number of anilines is 1. The Hall–Kier alpha value is -3.88. The highest BCUT2D eigenvalue weighted by molar-refractivity contribution is 6.07. The van der Waals surface area contributed by atoms with Gasteiger partial charge in [0.05, 0.1) is 26.2 Å². The highest BCUT2D eigenvalue weighted by Gasteiger charge is 2.38. The van der Waals surface area contributed by atoms with E-state index in [0.717, 1.165) is 16.2 Å². The van der Waals surface area contributed by atoms with E-state index in [4.69, 9.17) is 4.74 Å². The lowest BCUT2D eigenvalue weighted by atomic mass is 10.1. The van der Waals surface area contributed by atoms with Crippen molar-refractivity contribution in [3.63, 3.8) is 0 Å². The minimum atomic E-state index is -0.919. The SMILES string of the molecule is COC(=O)c1ccc(NC(=O)CC2NC(=O)N(CCc3ccc(OC)cc3)C2=O)cc1. The zero-order valence-corrected chi connectivity index (χ0v) is 17.2. The summed E-state index contributed by atoms with van der Waals surface area (Å²) in [5, 5.41) is 5.20. The molecule has 9 heteroatoms. The Balaban J connectivity index is 1.52. The topological polar surface area (TPSA) is 114 Å². The lowest BCUT2D eigenvalue weighted by molar-refractivity contribution is -0.129. The minimum Gasteiger partial charge on any atom is -0.497 e. The molecule has 0 aliphatic carbocycles. The standard InChI is InChI=1S/C22H23N3O6/c1-30-17-9-3-14(4-10-17)11-12-25-20(27)18(24-22(25)29)13-19(26)23-16-7-5-15(6-8-16)21(28)31-2/h3-10,18H,11-13H2,1-2H3,(H,23,26)(H,24,29). The molecule has 0 aromatic heterocycles. The molecule has 2 aromatic rings. The van der Waals surface area contributed by atoms with Gasteiger partial charge in [-0.15, -0.1) is 0 Å². The summed E-state index contributed by atoms with van der Waals surface area (Å²) >= 11 is 0. The first-order valence-electron chi connectivity index (χ1n) is 9.64. The maximum atomic E-state index is 12.6. The summed E-state index contributed by atoms with van der Waals surface area (Å²) < 4.78 is 9.73. The van der Waals surface area contributed by atoms with Crippen LogP contribution in [0.1, 0.15) is 22.3 Å². The van der Waals surface area contributed by atoms with E-state index in [0.29, 0.717) is 17.7 Å². The first-order chi connectivity index (χ1) is 14.9. The molecule has 31 heavy (non-hydrogen) atoms. The van der Waals surface area contributed by atoms with Gasteiger partial charge in [-0.25, -0.2) is 9.59 Å². The minimum absolute atomic E-state index is 0.192. The van der Waals surface area contributed by atoms with Crippen molar-refractivity contribution in [2.45, 2.75) is 18.9 Å². The lowest BCUT2D eigenvalue weighted by Crippen LogP contribution is -2.34. The Kier molecular flexibility index (Phi) is 6.86. The van der Waals surface area contributed by atoms with Crippen LogP contribution in [-0.4, -0.2) is 55.5 Å². The third-order valence-corrected chi connectivity index (χ3v) is 4.87. The molecule has 0 spiro atoms. The second-order valence-corrected chi connectivity index (χ2v) is 6.91. The quantitative estimate of drug-likeness (QED) is 0.494. The second-order valence-electron chi connectivity index (χ2n) is 6.91. The van der Waals surface area contributed by atoms with E-state index < -0.39 is 29.9 Å². The van der Waals surface area contributed by atoms with Crippen LogP contribution in [0.3, 0.4) is 0 Å². The van der Waals surface area contributed by atoms with Crippen LogP contribution >= 0.6 is 0 Å². The van der Waals surface area contributed by atoms with Gasteiger partial charge in [-0.1, -0.05) is 12.1 Å². The van der Waals surface area contributed by atoms with Gasteiger partial charge in [0.15, 0.2) is 0 Å². The zero-order chi connectivity index (χ0) is 22.4. The molecule has 0 radical (unpaired) electrons. The largest absolute Gasteiger partial charge is 0.497 e. The molecule has 1 unspecified atom stereocenters. The Morgan fingerprint density at radius 1 is 1.03 bits per heavy atom. The monoisotopic (exact) mass is 425 g/mol. The molecule has 3 rings (SSSR count). The first-order valence-corrected chi connectivity index (χ1v) is 9.64. The number of amides is 4. The van der Waals surface area contributed by atoms with Gasteiger partial charge < -0.3 is 20.1 Å². The number of imide groups is 1. The number of carbonyl (C=O) groups excluding carboxylic acids is 4. The third kappa shape index (κ3) is 5.39. The van der Waals surface area contributed by atoms with Gasteiger partial charge in [0, 0.05) is 12.2 Å². The summed E-state index contributed by atoms with van der Waals surface area (Å²) in [5.41, 5.74) is 1.77. The summed E-state index contributed by atoms with van der Waals surface area (Å²) in [6.07, 6.45) is 0.303. The number of esters is 1. The molecule has 4 amide bonds. The van der Waals surface area contributed by atoms with Crippen molar-refractivity contribution >= 4 is 29.5 Å². The molecule has 2 N–H and O–H groups in total. The van der Waals surface area contributed by atoms with Crippen molar-refractivity contribution in [2.75, 3.05) is 26.1 Å². The lowest BCUT2D eigenvalue weighted by Gasteiger charge is -2.13. The van der Waals surface area contributed by atoms with E-state index in [9.17, 15) is 19.2 Å². The molecule has 162 valence electrons. The normalized spacial score (nSPS) is 15.4. The van der Waals surface area contributed by atoms with Gasteiger partial charge >= 0.3 is 12.0 Å². The number of urea groups is 1. The fraction of sp³-hybridized carbons (Fsp3) is 0.273. The van der Waals surface area contributed by atoms with E-state index in [1.807, 2.05) is 24.3 Å². The molecule has 1 aliphatic rings. The number of nitrogens with zero attached hydrogens (tertiary/aromatic N) is 1. The number of hydrogen-bond donors (Lipinski definition) is 2. The van der Waals surface area contributed by atoms with Crippen molar-refractivity contribution in [1.82, 2.24) is 10.2 Å². The predicted molar refractivity (Wildman–Crippen MR) is 112 cm³/mol. The summed E-state index contributed by atoms with van der Waals surface area (Å²) in [4.78, 5) is 49.6. The van der Waals surface area contributed by atoms with Crippen LogP contribution < -0.4 is 15.4 Å². The molecule has 1 heterocycles. The molecule has 1 aliphatic heterocycles. The number of rotatable bonds is 8. The van der Waals surface area contributed by atoms with Crippen molar-refractivity contribution < 1.29 is 28.7 Å². The number of carbonyl (C=O) groups is 4. The highest BCUT2D eigenvalue weighted by atomic mass is 16.5. The van der Waals surface area contributed by atoms with Crippen LogP contribution in [0.2, 0.25) is 0 Å². The summed E-state index contributed by atoms with van der Waals surface area (Å²) in [5.74, 6) is -0.618. The molecule has 1 atom stereocenters. The van der Waals surface area contributed by atoms with Crippen molar-refractivity contribution in [3.05, 3.63) is 59.7 Å². The van der Waals surface area contributed by atoms with Crippen molar-refractivity contribution in [2.24, 2.45) is 0 Å². The van der Waals surface area contributed by atoms with Crippen LogP contribution in [0.5, 0.6) is 5.75 Å². The first kappa shape index (κ1) is 21.8. The second kappa shape index (κ2) is 9.75. The van der Waals surface area contributed by atoms with E-state index in [1.165, 1.54) is 19.2 Å². The highest BCUT2D eigenvalue weighted by Crippen LogP contribution is 2.16. The van der Waals surface area contributed by atoms with Crippen LogP contribution in [0.15, 0.2) is 48.5 Å². The maximum Gasteiger partial charge on any atom is 0.337 e. The van der Waals surface area contributed by atoms with Gasteiger partial charge in [0.1, 0.15) is 11.8 Å². The molecule has 1 fully saturated rings. The van der Waals surface area contributed by atoms with Gasteiger partial charge in [-0.2, -0.15) is 0 Å². The predicted octanol–water partition coefficient (Wildman–Crippen LogP) is 1.97. The Morgan fingerprint density at radius 2 is 1.71 bits per heavy atom. The van der Waals surface area contributed by atoms with Gasteiger partial charge in [0.2, 0.25) is 5.91 Å². The number of nitrogens with one attached hydrogen (secondary N) is 2. The summed E-state index contributed by atoms with van der Waals surface area (Å²) in [7, 11) is 2.86. The molecular weight excluding hydrogens is 402 g/mol. The summed E-state index contributed by atoms with van der Waals surface area (Å²) in [6, 6.07) is 12.1. The van der Waals surface area contributed by atoms with Crippen molar-refractivity contribution in [1.29, 1.82) is 0 Å². The van der Waals surface area contributed by atoms with E-state index in [2.05, 4.69) is 15.4 Å². The number of methoxy groups -OCH3 is 2. The molecule has 0 saturated carbocycles. The molecular formula is C22H23N3O6. The Bertz CT molecular complexity index is 972. The smallest absolute Gasteiger partial charge is 0.337 e. The van der Waals surface area contributed by atoms with E-state index >= 15 is 0 Å². The van der Waals surface area contributed by atoms with Gasteiger partial charge in [-0.3, -0.25) is 14.5 Å². The Labute approximate surface area is 179 Å². The Morgan fingerprint density at radius 3 is 2.32 bits per heavy atom. The average Bonchev–Trinajstić information content (AvgIpc) is 3.04. The fourth-order valence-electron chi connectivity index (χ4n) is 3.16. The maximum absolute atomic E-state index is 12.6. The van der Waals surface area contributed by atoms with E-state index in [1.54, 1.807) is 19.2 Å². The number of ether oxygens (including phenoxy) is 2. The number of hydrogen-bond acceptors (Lipinski definition) is 6. The molecule has 2 aromatic carbocycles. The number of benzene rings is 2. The van der Waals surface area contributed by atoms with Crippen molar-refractivity contribution in [3.8, 4) is 5.75 Å². The van der Waals surface area contributed by atoms with Crippen LogP contribution in [0, 0.1) is 0 Å². The average molecular weight is 425 g/mol. The third-order valence-electron chi connectivity index (χ3n) is 4.87. The van der Waals surface area contributed by atoms with Gasteiger partial charge in [-0.05, 0) is 48.4 Å². The van der Waals surface area contributed by atoms with Gasteiger partial charge in [0.25, 0.3) is 5.91 Å². The van der Waals surface area contributed by atoms with Crippen LogP contribution in [0.25, 0.3) is 0 Å². The van der Waals surface area contributed by atoms with Crippen LogP contribution in [-0.2, 0) is 20.7 Å². The summed E-state index contributed by atoms with van der Waals surface area (Å²) in [6.45, 7) is 0.212. The zero-order valence-electron chi connectivity index (χ0n) is 17.2. The molecule has 9 nitrogen and oxygen atoms in total. The fourth-order valence-corrected chi connectivity index (χ4v) is 3.16. The van der Waals surface area contributed by atoms with E-state index in [-0.39, 0.29) is 13.0 Å². The molecule has 1 saturated heterocycles. The molecule has 0 bridgehead atoms. The van der Waals surface area contributed by atoms with Crippen LogP contribution in [0.4, 0.5) is 10.5 Å².